The minimum absolute atomic E-state index is 0.00782. The number of ether oxygens (including phenoxy) is 1. The Bertz CT molecular complexity index is 692. The van der Waals surface area contributed by atoms with Crippen molar-refractivity contribution in [1.82, 2.24) is 9.80 Å². The maximum atomic E-state index is 12.6. The van der Waals surface area contributed by atoms with Gasteiger partial charge in [-0.15, -0.1) is 0 Å². The van der Waals surface area contributed by atoms with Gasteiger partial charge in [0.15, 0.2) is 9.84 Å². The van der Waals surface area contributed by atoms with Crippen molar-refractivity contribution in [3.05, 3.63) is 29.8 Å². The van der Waals surface area contributed by atoms with Crippen molar-refractivity contribution in [1.29, 1.82) is 0 Å². The van der Waals surface area contributed by atoms with Gasteiger partial charge in [0.2, 0.25) is 5.91 Å². The van der Waals surface area contributed by atoms with Crippen LogP contribution < -0.4 is 0 Å². The lowest BCUT2D eigenvalue weighted by molar-refractivity contribution is -0.144. The zero-order valence-electron chi connectivity index (χ0n) is 15.6. The standard InChI is InChI=1S/C18H28N2O4S/c1-13-10-20(11-14(2)24-13)18(21)12-19(4)15(3)16-6-8-17(9-7-16)25(5,22)23/h6-9,13-15H,10-12H2,1-5H3/t13-,14+,15-/m1/s1. The van der Waals surface area contributed by atoms with Gasteiger partial charge in [0.25, 0.3) is 0 Å². The molecule has 0 spiro atoms. The lowest BCUT2D eigenvalue weighted by Crippen LogP contribution is -2.50. The number of amides is 1. The lowest BCUT2D eigenvalue weighted by Gasteiger charge is -2.36. The van der Waals surface area contributed by atoms with Gasteiger partial charge in [-0.1, -0.05) is 12.1 Å². The van der Waals surface area contributed by atoms with E-state index < -0.39 is 9.84 Å². The fraction of sp³-hybridized carbons (Fsp3) is 0.611. The van der Waals surface area contributed by atoms with E-state index in [1.54, 1.807) is 24.3 Å². The molecule has 0 N–H and O–H groups in total. The highest BCUT2D eigenvalue weighted by molar-refractivity contribution is 7.90. The van der Waals surface area contributed by atoms with Crippen molar-refractivity contribution in [2.45, 2.75) is 43.9 Å². The van der Waals surface area contributed by atoms with Gasteiger partial charge in [-0.2, -0.15) is 0 Å². The van der Waals surface area contributed by atoms with Crippen LogP contribution in [0.15, 0.2) is 29.2 Å². The van der Waals surface area contributed by atoms with E-state index in [4.69, 9.17) is 4.74 Å². The average Bonchev–Trinajstić information content (AvgIpc) is 2.52. The van der Waals surface area contributed by atoms with Crippen molar-refractivity contribution in [3.8, 4) is 0 Å². The van der Waals surface area contributed by atoms with Gasteiger partial charge < -0.3 is 9.64 Å². The molecule has 140 valence electrons. The SMILES string of the molecule is C[C@@H]1CN(C(=O)CN(C)[C@H](C)c2ccc(S(C)(=O)=O)cc2)C[C@H](C)O1. The Morgan fingerprint density at radius 3 is 2.24 bits per heavy atom. The highest BCUT2D eigenvalue weighted by Crippen LogP contribution is 2.21. The van der Waals surface area contributed by atoms with Gasteiger partial charge in [-0.3, -0.25) is 9.69 Å². The molecule has 0 bridgehead atoms. The summed E-state index contributed by atoms with van der Waals surface area (Å²) >= 11 is 0. The molecule has 1 saturated heterocycles. The van der Waals surface area contributed by atoms with Gasteiger partial charge in [0, 0.05) is 25.4 Å². The van der Waals surface area contributed by atoms with E-state index in [0.29, 0.717) is 24.5 Å². The van der Waals surface area contributed by atoms with Crippen LogP contribution in [0.1, 0.15) is 32.4 Å². The Labute approximate surface area is 150 Å². The van der Waals surface area contributed by atoms with Crippen molar-refractivity contribution in [2.75, 3.05) is 32.9 Å². The molecule has 0 radical (unpaired) electrons. The molecular formula is C18H28N2O4S. The molecule has 0 aromatic heterocycles. The van der Waals surface area contributed by atoms with E-state index in [-0.39, 0.29) is 24.2 Å². The second-order valence-corrected chi connectivity index (χ2v) is 9.00. The number of benzene rings is 1. The normalized spacial score (nSPS) is 22.9. The van der Waals surface area contributed by atoms with E-state index in [1.807, 2.05) is 37.6 Å². The number of nitrogens with zero attached hydrogens (tertiary/aromatic N) is 2. The number of hydrogen-bond donors (Lipinski definition) is 0. The molecule has 1 aromatic carbocycles. The van der Waals surface area contributed by atoms with E-state index in [9.17, 15) is 13.2 Å². The number of rotatable bonds is 5. The maximum absolute atomic E-state index is 12.6. The van der Waals surface area contributed by atoms with Gasteiger partial charge in [-0.05, 0) is 45.5 Å². The van der Waals surface area contributed by atoms with Gasteiger partial charge >= 0.3 is 0 Å². The van der Waals surface area contributed by atoms with Crippen LogP contribution in [0.2, 0.25) is 0 Å². The quantitative estimate of drug-likeness (QED) is 0.792. The summed E-state index contributed by atoms with van der Waals surface area (Å²) in [6, 6.07) is 6.85. The number of sulfone groups is 1. The van der Waals surface area contributed by atoms with E-state index in [2.05, 4.69) is 0 Å². The van der Waals surface area contributed by atoms with E-state index in [1.165, 1.54) is 6.26 Å². The number of carbonyl (C=O) groups excluding carboxylic acids is 1. The van der Waals surface area contributed by atoms with Gasteiger partial charge in [0.05, 0.1) is 23.6 Å². The van der Waals surface area contributed by atoms with Crippen molar-refractivity contribution < 1.29 is 17.9 Å². The second-order valence-electron chi connectivity index (χ2n) is 6.99. The molecule has 7 heteroatoms. The van der Waals surface area contributed by atoms with Crippen LogP contribution in [0, 0.1) is 0 Å². The molecule has 1 aromatic rings. The Kier molecular flexibility index (Phi) is 6.24. The minimum atomic E-state index is -3.20. The Morgan fingerprint density at radius 1 is 1.24 bits per heavy atom. The summed E-state index contributed by atoms with van der Waals surface area (Å²) in [5.41, 5.74) is 0.978. The molecule has 6 nitrogen and oxygen atoms in total. The smallest absolute Gasteiger partial charge is 0.236 e. The van der Waals surface area contributed by atoms with Crippen LogP contribution in [-0.4, -0.2) is 69.3 Å². The topological polar surface area (TPSA) is 66.9 Å². The molecule has 1 fully saturated rings. The number of hydrogen-bond acceptors (Lipinski definition) is 5. The van der Waals surface area contributed by atoms with E-state index >= 15 is 0 Å². The summed E-state index contributed by atoms with van der Waals surface area (Å²) in [4.78, 5) is 16.7. The predicted octanol–water partition coefficient (Wildman–Crippen LogP) is 1.72. The predicted molar refractivity (Wildman–Crippen MR) is 97.2 cm³/mol. The Morgan fingerprint density at radius 2 is 1.76 bits per heavy atom. The highest BCUT2D eigenvalue weighted by Gasteiger charge is 2.27. The zero-order valence-corrected chi connectivity index (χ0v) is 16.4. The maximum Gasteiger partial charge on any atom is 0.236 e. The Balaban J connectivity index is 2.00. The third-order valence-electron chi connectivity index (χ3n) is 4.61. The van der Waals surface area contributed by atoms with Crippen LogP contribution in [-0.2, 0) is 19.4 Å². The molecule has 1 heterocycles. The van der Waals surface area contributed by atoms with Crippen molar-refractivity contribution in [2.24, 2.45) is 0 Å². The lowest BCUT2D eigenvalue weighted by atomic mass is 10.1. The molecule has 1 aliphatic heterocycles. The van der Waals surface area contributed by atoms with Gasteiger partial charge in [0.1, 0.15) is 0 Å². The summed E-state index contributed by atoms with van der Waals surface area (Å²) in [5.74, 6) is 0.0871. The molecule has 1 amide bonds. The first-order chi connectivity index (χ1) is 11.6. The van der Waals surface area contributed by atoms with Crippen LogP contribution in [0.3, 0.4) is 0 Å². The fourth-order valence-corrected chi connectivity index (χ4v) is 3.71. The molecule has 0 unspecified atom stereocenters. The Hall–Kier alpha value is -1.44. The molecular weight excluding hydrogens is 340 g/mol. The molecule has 25 heavy (non-hydrogen) atoms. The largest absolute Gasteiger partial charge is 0.372 e. The van der Waals surface area contributed by atoms with Crippen molar-refractivity contribution >= 4 is 15.7 Å². The number of morpholine rings is 1. The highest BCUT2D eigenvalue weighted by atomic mass is 32.2. The van der Waals surface area contributed by atoms with Crippen LogP contribution in [0.5, 0.6) is 0 Å². The summed E-state index contributed by atoms with van der Waals surface area (Å²) in [5, 5.41) is 0. The summed E-state index contributed by atoms with van der Waals surface area (Å²) in [6.45, 7) is 7.52. The number of likely N-dealkylation sites (N-methyl/N-ethyl adjacent to an activating group) is 1. The summed E-state index contributed by atoms with van der Waals surface area (Å²) < 4.78 is 28.8. The summed E-state index contributed by atoms with van der Waals surface area (Å²) in [6.07, 6.45) is 1.30. The third kappa shape index (κ3) is 5.26. The minimum Gasteiger partial charge on any atom is -0.372 e. The van der Waals surface area contributed by atoms with Crippen LogP contribution >= 0.6 is 0 Å². The monoisotopic (exact) mass is 368 g/mol. The van der Waals surface area contributed by atoms with Crippen LogP contribution in [0.25, 0.3) is 0 Å². The molecule has 3 atom stereocenters. The first-order valence-corrected chi connectivity index (χ1v) is 10.4. The fourth-order valence-electron chi connectivity index (χ4n) is 3.08. The molecule has 0 aliphatic carbocycles. The molecule has 1 aliphatic rings. The number of carbonyl (C=O) groups is 1. The van der Waals surface area contributed by atoms with Crippen molar-refractivity contribution in [3.63, 3.8) is 0 Å². The first kappa shape index (κ1) is 19.9. The van der Waals surface area contributed by atoms with E-state index in [0.717, 1.165) is 5.56 Å². The molecule has 0 saturated carbocycles. The first-order valence-electron chi connectivity index (χ1n) is 8.51. The zero-order chi connectivity index (χ0) is 18.8. The average molecular weight is 368 g/mol. The molecule has 2 rings (SSSR count). The third-order valence-corrected chi connectivity index (χ3v) is 5.74. The second kappa shape index (κ2) is 7.85. The van der Waals surface area contributed by atoms with Gasteiger partial charge in [-0.25, -0.2) is 8.42 Å². The summed E-state index contributed by atoms with van der Waals surface area (Å²) in [7, 11) is -1.29. The van der Waals surface area contributed by atoms with Crippen LogP contribution in [0.4, 0.5) is 0 Å².